The fourth-order valence-electron chi connectivity index (χ4n) is 2.14. The van der Waals surface area contributed by atoms with Gasteiger partial charge in [0.15, 0.2) is 0 Å². The van der Waals surface area contributed by atoms with Crippen LogP contribution in [0.15, 0.2) is 22.7 Å². The van der Waals surface area contributed by atoms with E-state index in [-0.39, 0.29) is 11.9 Å². The molecule has 1 unspecified atom stereocenters. The second-order valence-corrected chi connectivity index (χ2v) is 5.05. The lowest BCUT2D eigenvalue weighted by molar-refractivity contribution is 0.0764. The van der Waals surface area contributed by atoms with E-state index in [1.165, 1.54) is 0 Å². The van der Waals surface area contributed by atoms with Gasteiger partial charge in [0.25, 0.3) is 5.91 Å². The number of carbonyl (C=O) groups is 1. The van der Waals surface area contributed by atoms with Crippen molar-refractivity contribution in [3.63, 3.8) is 0 Å². The third kappa shape index (κ3) is 2.20. The number of amides is 1. The standard InChI is InChI=1S/C13H13BrN2O/c1-9-11(5-2-6-12(9)14)13(17)16-7-3-4-10(16)8-15/h2,5-6,10H,3-4,7H2,1H3. The van der Waals surface area contributed by atoms with E-state index in [4.69, 9.17) is 5.26 Å². The summed E-state index contributed by atoms with van der Waals surface area (Å²) < 4.78 is 0.927. The third-order valence-corrected chi connectivity index (χ3v) is 4.02. The molecular formula is C13H13BrN2O. The highest BCUT2D eigenvalue weighted by atomic mass is 79.9. The summed E-state index contributed by atoms with van der Waals surface area (Å²) in [6.45, 7) is 2.60. The normalized spacial score (nSPS) is 19.1. The summed E-state index contributed by atoms with van der Waals surface area (Å²) in [5, 5.41) is 9.00. The number of rotatable bonds is 1. The van der Waals surface area contributed by atoms with Gasteiger partial charge in [-0.25, -0.2) is 0 Å². The van der Waals surface area contributed by atoms with Gasteiger partial charge in [-0.05, 0) is 37.5 Å². The minimum atomic E-state index is -0.263. The van der Waals surface area contributed by atoms with E-state index in [9.17, 15) is 4.79 Å². The Morgan fingerprint density at radius 2 is 2.35 bits per heavy atom. The van der Waals surface area contributed by atoms with Crippen molar-refractivity contribution in [2.45, 2.75) is 25.8 Å². The van der Waals surface area contributed by atoms with Crippen LogP contribution in [0.4, 0.5) is 0 Å². The molecule has 0 spiro atoms. The molecule has 1 amide bonds. The second kappa shape index (κ2) is 4.89. The number of likely N-dealkylation sites (tertiary alicyclic amines) is 1. The number of nitrogens with zero attached hydrogens (tertiary/aromatic N) is 2. The summed E-state index contributed by atoms with van der Waals surface area (Å²) in [6.07, 6.45) is 1.70. The van der Waals surface area contributed by atoms with E-state index in [1.54, 1.807) is 4.90 Å². The van der Waals surface area contributed by atoms with Crippen LogP contribution in [-0.2, 0) is 0 Å². The molecule has 1 saturated heterocycles. The van der Waals surface area contributed by atoms with Crippen molar-refractivity contribution in [2.24, 2.45) is 0 Å². The van der Waals surface area contributed by atoms with Crippen LogP contribution in [-0.4, -0.2) is 23.4 Å². The maximum atomic E-state index is 12.3. The highest BCUT2D eigenvalue weighted by Gasteiger charge is 2.29. The maximum absolute atomic E-state index is 12.3. The molecule has 1 atom stereocenters. The van der Waals surface area contributed by atoms with Crippen LogP contribution in [0.25, 0.3) is 0 Å². The fraction of sp³-hybridized carbons (Fsp3) is 0.385. The summed E-state index contributed by atoms with van der Waals surface area (Å²) in [5.41, 5.74) is 1.61. The second-order valence-electron chi connectivity index (χ2n) is 4.20. The molecule has 17 heavy (non-hydrogen) atoms. The predicted molar refractivity (Wildman–Crippen MR) is 68.6 cm³/mol. The first-order valence-corrected chi connectivity index (χ1v) is 6.40. The zero-order valence-electron chi connectivity index (χ0n) is 9.61. The van der Waals surface area contributed by atoms with E-state index < -0.39 is 0 Å². The van der Waals surface area contributed by atoms with Gasteiger partial charge in [-0.2, -0.15) is 5.26 Å². The topological polar surface area (TPSA) is 44.1 Å². The Hall–Kier alpha value is -1.34. The number of carbonyl (C=O) groups excluding carboxylic acids is 1. The van der Waals surface area contributed by atoms with Gasteiger partial charge in [0.05, 0.1) is 6.07 Å². The molecule has 1 aromatic rings. The summed E-state index contributed by atoms with van der Waals surface area (Å²) in [7, 11) is 0. The van der Waals surface area contributed by atoms with E-state index in [0.717, 1.165) is 22.9 Å². The lowest BCUT2D eigenvalue weighted by atomic mass is 10.1. The van der Waals surface area contributed by atoms with Crippen LogP contribution in [0.2, 0.25) is 0 Å². The monoisotopic (exact) mass is 292 g/mol. The molecule has 1 aliphatic heterocycles. The quantitative estimate of drug-likeness (QED) is 0.799. The first kappa shape index (κ1) is 12.1. The zero-order valence-corrected chi connectivity index (χ0v) is 11.2. The van der Waals surface area contributed by atoms with E-state index >= 15 is 0 Å². The Morgan fingerprint density at radius 3 is 3.06 bits per heavy atom. The van der Waals surface area contributed by atoms with Gasteiger partial charge in [-0.15, -0.1) is 0 Å². The molecule has 0 radical (unpaired) electrons. The van der Waals surface area contributed by atoms with Crippen LogP contribution in [0.1, 0.15) is 28.8 Å². The Kier molecular flexibility index (Phi) is 3.49. The molecule has 0 bridgehead atoms. The van der Waals surface area contributed by atoms with Crippen LogP contribution in [0, 0.1) is 18.3 Å². The molecular weight excluding hydrogens is 280 g/mol. The van der Waals surface area contributed by atoms with Gasteiger partial charge in [-0.1, -0.05) is 22.0 Å². The lowest BCUT2D eigenvalue weighted by Crippen LogP contribution is -2.35. The largest absolute Gasteiger partial charge is 0.323 e. The van der Waals surface area contributed by atoms with Crippen molar-refractivity contribution in [1.29, 1.82) is 5.26 Å². The lowest BCUT2D eigenvalue weighted by Gasteiger charge is -2.20. The number of halogens is 1. The molecule has 88 valence electrons. The Labute approximate surface area is 109 Å². The minimum absolute atomic E-state index is 0.0344. The Bertz CT molecular complexity index is 493. The van der Waals surface area contributed by atoms with Crippen molar-refractivity contribution >= 4 is 21.8 Å². The summed E-state index contributed by atoms with van der Waals surface area (Å²) in [4.78, 5) is 14.0. The predicted octanol–water partition coefficient (Wildman–Crippen LogP) is 2.89. The summed E-state index contributed by atoms with van der Waals surface area (Å²) in [5.74, 6) is -0.0344. The number of hydrogen-bond donors (Lipinski definition) is 0. The van der Waals surface area contributed by atoms with Crippen molar-refractivity contribution in [1.82, 2.24) is 4.90 Å². The van der Waals surface area contributed by atoms with Gasteiger partial charge in [0.1, 0.15) is 6.04 Å². The molecule has 0 aromatic heterocycles. The van der Waals surface area contributed by atoms with Gasteiger partial charge in [0.2, 0.25) is 0 Å². The molecule has 0 N–H and O–H groups in total. The third-order valence-electron chi connectivity index (χ3n) is 3.16. The molecule has 4 heteroatoms. The smallest absolute Gasteiger partial charge is 0.255 e. The van der Waals surface area contributed by atoms with Crippen molar-refractivity contribution in [2.75, 3.05) is 6.54 Å². The highest BCUT2D eigenvalue weighted by molar-refractivity contribution is 9.10. The van der Waals surface area contributed by atoms with Gasteiger partial charge in [0, 0.05) is 16.6 Å². The van der Waals surface area contributed by atoms with E-state index in [2.05, 4.69) is 22.0 Å². The fourth-order valence-corrected chi connectivity index (χ4v) is 2.50. The zero-order chi connectivity index (χ0) is 12.4. The van der Waals surface area contributed by atoms with Crippen LogP contribution >= 0.6 is 15.9 Å². The Balaban J connectivity index is 2.32. The van der Waals surface area contributed by atoms with Gasteiger partial charge >= 0.3 is 0 Å². The van der Waals surface area contributed by atoms with Crippen LogP contribution in [0.3, 0.4) is 0 Å². The van der Waals surface area contributed by atoms with Crippen molar-refractivity contribution in [3.05, 3.63) is 33.8 Å². The average Bonchev–Trinajstić information content (AvgIpc) is 2.80. The summed E-state index contributed by atoms with van der Waals surface area (Å²) in [6, 6.07) is 7.51. The minimum Gasteiger partial charge on any atom is -0.323 e. The van der Waals surface area contributed by atoms with E-state index in [1.807, 2.05) is 25.1 Å². The van der Waals surface area contributed by atoms with Gasteiger partial charge in [-0.3, -0.25) is 4.79 Å². The first-order chi connectivity index (χ1) is 8.15. The molecule has 1 aliphatic rings. The van der Waals surface area contributed by atoms with Crippen molar-refractivity contribution < 1.29 is 4.79 Å². The Morgan fingerprint density at radius 1 is 1.59 bits per heavy atom. The van der Waals surface area contributed by atoms with Crippen LogP contribution < -0.4 is 0 Å². The number of benzene rings is 1. The molecule has 1 aromatic carbocycles. The van der Waals surface area contributed by atoms with E-state index in [0.29, 0.717) is 12.1 Å². The average molecular weight is 293 g/mol. The van der Waals surface area contributed by atoms with Crippen LogP contribution in [0.5, 0.6) is 0 Å². The number of nitriles is 1. The highest BCUT2D eigenvalue weighted by Crippen LogP contribution is 2.24. The molecule has 0 aliphatic carbocycles. The molecule has 0 saturated carbocycles. The molecule has 3 nitrogen and oxygen atoms in total. The maximum Gasteiger partial charge on any atom is 0.255 e. The molecule has 2 rings (SSSR count). The number of hydrogen-bond acceptors (Lipinski definition) is 2. The van der Waals surface area contributed by atoms with Gasteiger partial charge < -0.3 is 4.90 Å². The molecule has 1 heterocycles. The molecule has 1 fully saturated rings. The van der Waals surface area contributed by atoms with Crippen molar-refractivity contribution in [3.8, 4) is 6.07 Å². The first-order valence-electron chi connectivity index (χ1n) is 5.61. The SMILES string of the molecule is Cc1c(Br)cccc1C(=O)N1CCCC1C#N. The summed E-state index contributed by atoms with van der Waals surface area (Å²) >= 11 is 3.42.